The summed E-state index contributed by atoms with van der Waals surface area (Å²) >= 11 is 19.4. The maximum atomic E-state index is 11.7. The molecule has 3 unspecified atom stereocenters. The minimum absolute atomic E-state index is 0. The van der Waals surface area contributed by atoms with Gasteiger partial charge in [-0.15, -0.1) is 0 Å². The Labute approximate surface area is 594 Å². The Morgan fingerprint density at radius 1 is 0.520 bits per heavy atom. The third kappa shape index (κ3) is 17.5. The topological polar surface area (TPSA) is 371 Å². The van der Waals surface area contributed by atoms with E-state index in [0.29, 0.717) is 81.6 Å². The first-order valence-electron chi connectivity index (χ1n) is 31.9. The maximum absolute atomic E-state index is 11.7. The van der Waals surface area contributed by atoms with Crippen LogP contribution >= 0.6 is 34.8 Å². The molecule has 12 rings (SSSR count). The van der Waals surface area contributed by atoms with Crippen LogP contribution in [0.5, 0.6) is 17.2 Å². The molecule has 6 aromatic carbocycles. The van der Waals surface area contributed by atoms with Crippen molar-refractivity contribution < 1.29 is 113 Å². The Kier molecular flexibility index (Phi) is 27.0. The second-order valence-electron chi connectivity index (χ2n) is 25.1. The Balaban J connectivity index is 0.000000186. The van der Waals surface area contributed by atoms with E-state index in [1.165, 1.54) is 12.7 Å². The van der Waals surface area contributed by atoms with E-state index in [1.54, 1.807) is 48.5 Å². The number of aliphatic carboxylic acids is 1. The number of hydrogen-bond donors (Lipinski definition) is 12. The van der Waals surface area contributed by atoms with Gasteiger partial charge in [-0.25, -0.2) is 9.59 Å². The molecule has 0 amide bonds. The molecule has 6 aromatic rings. The number of anilines is 3. The number of aliphatic hydroxyl groups is 8. The number of carboxylic acids is 1. The number of benzene rings is 6. The van der Waals surface area contributed by atoms with E-state index >= 15 is 0 Å². The number of nitrogens with one attached hydrogen (secondary N) is 3. The number of halogens is 3. The van der Waals surface area contributed by atoms with Gasteiger partial charge in [0, 0.05) is 15.1 Å². The first kappa shape index (κ1) is 77.3. The zero-order valence-corrected chi connectivity index (χ0v) is 57.1. The first-order valence-corrected chi connectivity index (χ1v) is 33.1. The molecule has 0 bridgehead atoms. The van der Waals surface area contributed by atoms with Crippen molar-refractivity contribution in [2.24, 2.45) is 17.8 Å². The summed E-state index contributed by atoms with van der Waals surface area (Å²) in [6.07, 6.45) is -11.5. The van der Waals surface area contributed by atoms with Crippen molar-refractivity contribution in [1.29, 1.82) is 5.26 Å². The molecule has 522 valence electrons. The van der Waals surface area contributed by atoms with E-state index in [1.807, 2.05) is 42.5 Å². The summed E-state index contributed by atoms with van der Waals surface area (Å²) in [6.45, 7) is 9.11. The molecule has 13 N–H and O–H groups in total. The zero-order chi connectivity index (χ0) is 68.8. The number of hydrogen-bond acceptors (Lipinski definition) is 22. The molecule has 6 aliphatic heterocycles. The number of fused-ring (bicyclic) bond motifs is 3. The number of carboxylic acid groups (broad SMARTS) is 1. The number of nitrogens with zero attached hydrogens (tertiary/aromatic N) is 1. The molecule has 3 saturated heterocycles. The van der Waals surface area contributed by atoms with Crippen molar-refractivity contribution in [3.05, 3.63) is 174 Å². The minimum atomic E-state index is -1.47. The van der Waals surface area contributed by atoms with E-state index in [4.69, 9.17) is 78.3 Å². The molecule has 23 nitrogen and oxygen atoms in total. The SMILES string of the molecule is CC[C@H]1O[C@@H](c2ccc(Cl)c(Cc3ccc4c(c3)NCC(C#N)O4)c2)[C@H](C)[C@@H](C)[C@@H]1C.COC(=O)C1CNc2cc(Cc3cc([C@@H]4O[C@H](CO)[C@@H](O)[C@H](O)[C@H]4O)ccc3Cl)ccc2O1.O=C(O)C1CNc2cc(Cc3cc([C@@H]4O[C@H](CO)[C@@H](O)[C@H](O)[C@H]4O)ccc3Cl)ccc2O1.[Li+].[OH-]. The standard InChI is InChI=1S/C26H31ClN2O2.C23H26ClNO8.C22H24ClNO8.Li.H2O/c1-5-24-16(3)15(2)17(4)26(31-24)19-7-8-22(27)20(12-19)10-18-6-9-25-23(11-18)29-14-21(13-28)30-25;1-31-23(30)17-9-25-15-7-11(2-5-16(15)32-17)6-13-8-12(3-4-14(13)24)22-21(29)20(28)19(27)18(10-26)33-22;23-13-3-2-11(21-20(28)19(27)18(26)17(9-25)32-21)7-12(13)5-10-1-4-15-14(6-10)24-8-16(31-15)22(29)30;;/h6-9,11-12,15-17,21,24,26,29H,5,10,14H2,1-4H3;2-5,7-8,17-22,25-29H,6,9-10H2,1H3;1-4,6-7,16-21,24-28H,5,8-9H2,(H,29,30);;1H2/q;;;+1;/p-1/t15-,16-,17+,21?,24+,26+;17?,18-,19-,20+,21-,22+;16?,17-,18-,19+,20-,21+;;/m011../s1. The van der Waals surface area contributed by atoms with Gasteiger partial charge in [0.15, 0.2) is 0 Å². The molecular formula is C71H82Cl3LiN4O19. The van der Waals surface area contributed by atoms with Crippen molar-refractivity contribution in [2.75, 3.05) is 55.9 Å². The number of methoxy groups -OCH3 is 1. The first-order chi connectivity index (χ1) is 46.0. The number of ether oxygens (including phenoxy) is 7. The second kappa shape index (κ2) is 34.3. The van der Waals surface area contributed by atoms with Crippen molar-refractivity contribution in [1.82, 2.24) is 0 Å². The monoisotopic (exact) mass is 1410 g/mol. The molecule has 6 aliphatic rings. The van der Waals surface area contributed by atoms with Gasteiger partial charge in [-0.05, 0) is 148 Å². The van der Waals surface area contributed by atoms with Crippen LogP contribution in [0.25, 0.3) is 0 Å². The van der Waals surface area contributed by atoms with Crippen LogP contribution in [0, 0.1) is 29.1 Å². The van der Waals surface area contributed by atoms with Gasteiger partial charge in [-0.3, -0.25) is 0 Å². The van der Waals surface area contributed by atoms with E-state index in [2.05, 4.69) is 67.9 Å². The van der Waals surface area contributed by atoms with Crippen LogP contribution < -0.4 is 49.0 Å². The summed E-state index contributed by atoms with van der Waals surface area (Å²) in [5.41, 5.74) is 10.2. The van der Waals surface area contributed by atoms with Crippen LogP contribution in [0.4, 0.5) is 17.1 Å². The van der Waals surface area contributed by atoms with Crippen LogP contribution in [0.3, 0.4) is 0 Å². The average molecular weight is 1410 g/mol. The third-order valence-corrected chi connectivity index (χ3v) is 20.0. The Hall–Kier alpha value is -6.46. The largest absolute Gasteiger partial charge is 1.00 e. The molecule has 3 fully saturated rings. The summed E-state index contributed by atoms with van der Waals surface area (Å²) in [6, 6.07) is 35.6. The zero-order valence-electron chi connectivity index (χ0n) is 54.9. The van der Waals surface area contributed by atoms with Crippen molar-refractivity contribution in [2.45, 2.75) is 145 Å². The van der Waals surface area contributed by atoms with Crippen LogP contribution in [0.1, 0.15) is 102 Å². The summed E-state index contributed by atoms with van der Waals surface area (Å²) in [7, 11) is 1.31. The normalized spacial score (nSPS) is 28.8. The average Bonchev–Trinajstić information content (AvgIpc) is 0.804. The molecule has 0 aromatic heterocycles. The fraction of sp³-hybridized carbons (Fsp3) is 0.451. The molecular weight excluding hydrogens is 1330 g/mol. The van der Waals surface area contributed by atoms with E-state index in [-0.39, 0.29) is 43.5 Å². The Morgan fingerprint density at radius 3 is 1.31 bits per heavy atom. The van der Waals surface area contributed by atoms with Gasteiger partial charge in [-0.2, -0.15) is 5.26 Å². The summed E-state index contributed by atoms with van der Waals surface area (Å²) in [5, 5.41) is 109. The summed E-state index contributed by atoms with van der Waals surface area (Å²) < 4.78 is 39.4. The maximum Gasteiger partial charge on any atom is 1.00 e. The number of aliphatic hydroxyl groups excluding tert-OH is 8. The third-order valence-electron chi connectivity index (χ3n) is 18.9. The molecule has 27 heteroatoms. The van der Waals surface area contributed by atoms with Gasteiger partial charge < -0.3 is 101 Å². The van der Waals surface area contributed by atoms with Gasteiger partial charge in [0.2, 0.25) is 18.3 Å². The molecule has 0 radical (unpaired) electrons. The van der Waals surface area contributed by atoms with Crippen molar-refractivity contribution in [3.63, 3.8) is 0 Å². The molecule has 18 atom stereocenters. The van der Waals surface area contributed by atoms with Crippen LogP contribution in [0.2, 0.25) is 15.1 Å². The molecule has 0 spiro atoms. The molecule has 0 aliphatic carbocycles. The fourth-order valence-electron chi connectivity index (χ4n) is 13.0. The minimum Gasteiger partial charge on any atom is -0.870 e. The summed E-state index contributed by atoms with van der Waals surface area (Å²) in [4.78, 5) is 22.8. The molecule has 98 heavy (non-hydrogen) atoms. The van der Waals surface area contributed by atoms with E-state index in [0.717, 1.165) is 68.4 Å². The smallest absolute Gasteiger partial charge is 0.870 e. The van der Waals surface area contributed by atoms with E-state index < -0.39 is 105 Å². The Morgan fingerprint density at radius 2 is 0.908 bits per heavy atom. The van der Waals surface area contributed by atoms with E-state index in [9.17, 15) is 50.4 Å². The predicted molar refractivity (Wildman–Crippen MR) is 359 cm³/mol. The number of esters is 1. The van der Waals surface area contributed by atoms with Gasteiger partial charge in [0.1, 0.15) is 84.4 Å². The number of carbonyl (C=O) groups is 2. The fourth-order valence-corrected chi connectivity index (χ4v) is 13.5. The van der Waals surface area contributed by atoms with Gasteiger partial charge >= 0.3 is 30.8 Å². The quantitative estimate of drug-likeness (QED) is 0.0519. The van der Waals surface area contributed by atoms with Crippen molar-refractivity contribution >= 4 is 63.8 Å². The predicted octanol–water partition coefficient (Wildman–Crippen LogP) is 4.71. The van der Waals surface area contributed by atoms with Crippen LogP contribution in [-0.2, 0) is 47.8 Å². The van der Waals surface area contributed by atoms with Crippen molar-refractivity contribution in [3.8, 4) is 23.3 Å². The summed E-state index contributed by atoms with van der Waals surface area (Å²) in [5.74, 6) is 1.85. The number of rotatable bonds is 14. The second-order valence-corrected chi connectivity index (χ2v) is 26.3. The number of carbonyl (C=O) groups excluding carboxylic acids is 1. The number of nitriles is 1. The molecule has 6 heterocycles. The van der Waals surface area contributed by atoms with Crippen LogP contribution in [0.15, 0.2) is 109 Å². The van der Waals surface area contributed by atoms with Gasteiger partial charge in [0.05, 0.1) is 69.2 Å². The van der Waals surface area contributed by atoms with Gasteiger partial charge in [-0.1, -0.05) is 117 Å². The van der Waals surface area contributed by atoms with Crippen LogP contribution in [-0.4, -0.2) is 177 Å². The molecule has 0 saturated carbocycles. The van der Waals surface area contributed by atoms with Gasteiger partial charge in [0.25, 0.3) is 0 Å². The Bertz CT molecular complexity index is 3770.